The number of rotatable bonds is 8. The van der Waals surface area contributed by atoms with Gasteiger partial charge in [0.15, 0.2) is 0 Å². The van der Waals surface area contributed by atoms with E-state index < -0.39 is 11.9 Å². The predicted molar refractivity (Wildman–Crippen MR) is 143 cm³/mol. The Balaban J connectivity index is 1.50. The molecule has 1 aromatic heterocycles. The number of halogens is 1. The summed E-state index contributed by atoms with van der Waals surface area (Å²) < 4.78 is 13.3. The number of aromatic nitrogens is 4. The molecule has 0 saturated heterocycles. The number of carbonyl (C=O) groups excluding carboxylic acids is 2. The molecule has 1 unspecified atom stereocenters. The average Bonchev–Trinajstić information content (AvgIpc) is 3.60. The van der Waals surface area contributed by atoms with Crippen LogP contribution in [0.5, 0.6) is 5.75 Å². The highest BCUT2D eigenvalue weighted by molar-refractivity contribution is 6.01. The molecule has 10 heteroatoms. The predicted octanol–water partition coefficient (Wildman–Crippen LogP) is 4.33. The van der Waals surface area contributed by atoms with E-state index in [0.29, 0.717) is 16.8 Å². The Labute approximate surface area is 225 Å². The highest BCUT2D eigenvalue weighted by atomic mass is 19.1. The second kappa shape index (κ2) is 11.4. The van der Waals surface area contributed by atoms with E-state index in [-0.39, 0.29) is 35.9 Å². The van der Waals surface area contributed by atoms with Crippen LogP contribution in [0, 0.1) is 12.7 Å². The summed E-state index contributed by atoms with van der Waals surface area (Å²) >= 11 is 0. The van der Waals surface area contributed by atoms with Gasteiger partial charge in [0.05, 0.1) is 0 Å². The van der Waals surface area contributed by atoms with Crippen LogP contribution in [0.25, 0.3) is 11.4 Å². The van der Waals surface area contributed by atoms with E-state index in [4.69, 9.17) is 0 Å². The summed E-state index contributed by atoms with van der Waals surface area (Å²) in [5.41, 5.74) is 2.57. The van der Waals surface area contributed by atoms with Gasteiger partial charge in [0.1, 0.15) is 24.2 Å². The van der Waals surface area contributed by atoms with Crippen LogP contribution in [0.15, 0.2) is 72.8 Å². The summed E-state index contributed by atoms with van der Waals surface area (Å²) in [6.07, 6.45) is 3.87. The molecule has 3 aromatic carbocycles. The van der Waals surface area contributed by atoms with Gasteiger partial charge in [-0.25, -0.2) is 4.39 Å². The van der Waals surface area contributed by atoms with Gasteiger partial charge >= 0.3 is 0 Å². The number of tetrazole rings is 1. The topological polar surface area (TPSA) is 113 Å². The number of aryl methyl sites for hydroxylation is 1. The van der Waals surface area contributed by atoms with Crippen molar-refractivity contribution >= 4 is 17.5 Å². The first kappa shape index (κ1) is 26.0. The van der Waals surface area contributed by atoms with Crippen molar-refractivity contribution < 1.29 is 19.1 Å². The van der Waals surface area contributed by atoms with Gasteiger partial charge < -0.3 is 10.4 Å². The smallest absolute Gasteiger partial charge is 0.251 e. The van der Waals surface area contributed by atoms with Crippen LogP contribution in [0.2, 0.25) is 0 Å². The van der Waals surface area contributed by atoms with Crippen molar-refractivity contribution in [1.29, 1.82) is 0 Å². The molecule has 5 rings (SSSR count). The van der Waals surface area contributed by atoms with Gasteiger partial charge in [0, 0.05) is 17.3 Å². The van der Waals surface area contributed by atoms with Crippen molar-refractivity contribution in [2.45, 2.75) is 51.2 Å². The molecule has 4 aromatic rings. The lowest BCUT2D eigenvalue weighted by atomic mass is 10.0. The third-order valence-corrected chi connectivity index (χ3v) is 6.80. The quantitative estimate of drug-likeness (QED) is 0.352. The van der Waals surface area contributed by atoms with Gasteiger partial charge in [-0.3, -0.25) is 14.5 Å². The number of carbonyl (C=O) groups is 2. The van der Waals surface area contributed by atoms with E-state index in [2.05, 4.69) is 20.7 Å². The van der Waals surface area contributed by atoms with Crippen LogP contribution in [0.4, 0.5) is 10.1 Å². The Morgan fingerprint density at radius 2 is 1.79 bits per heavy atom. The number of anilines is 1. The number of nitrogens with one attached hydrogen (secondary N) is 1. The first-order valence-electron chi connectivity index (χ1n) is 12.9. The van der Waals surface area contributed by atoms with Crippen molar-refractivity contribution in [1.82, 2.24) is 25.5 Å². The lowest BCUT2D eigenvalue weighted by Crippen LogP contribution is -2.47. The number of benzene rings is 3. The lowest BCUT2D eigenvalue weighted by Gasteiger charge is -2.32. The minimum atomic E-state index is -0.999. The van der Waals surface area contributed by atoms with Gasteiger partial charge in [-0.1, -0.05) is 37.1 Å². The highest BCUT2D eigenvalue weighted by Crippen LogP contribution is 2.31. The standard InChI is InChI=1S/C29H29FN6O3/c1-19-5-4-8-24(17-19)36(26(38)18-35-33-28(32-34-35)21-9-13-22(30)14-10-21)27(20-11-15-25(37)16-12-20)29(39)31-23-6-2-3-7-23/h4-5,8-17,23,27,37H,2-3,6-7,18H2,1H3,(H,31,39). The fraction of sp³-hybridized carbons (Fsp3) is 0.276. The van der Waals surface area contributed by atoms with Crippen molar-refractivity contribution in [2.24, 2.45) is 0 Å². The number of nitrogens with zero attached hydrogens (tertiary/aromatic N) is 5. The lowest BCUT2D eigenvalue weighted by molar-refractivity contribution is -0.127. The van der Waals surface area contributed by atoms with Crippen molar-refractivity contribution in [2.75, 3.05) is 4.90 Å². The molecular weight excluding hydrogens is 499 g/mol. The fourth-order valence-electron chi connectivity index (χ4n) is 4.86. The zero-order valence-electron chi connectivity index (χ0n) is 21.5. The molecule has 200 valence electrons. The molecule has 0 bridgehead atoms. The molecule has 1 fully saturated rings. The second-order valence-corrected chi connectivity index (χ2v) is 9.74. The first-order chi connectivity index (χ1) is 18.9. The third-order valence-electron chi connectivity index (χ3n) is 6.80. The number of aromatic hydroxyl groups is 1. The molecule has 0 aliphatic heterocycles. The maximum absolute atomic E-state index is 14.0. The molecule has 1 atom stereocenters. The van der Waals surface area contributed by atoms with Crippen LogP contribution in [-0.2, 0) is 16.1 Å². The maximum Gasteiger partial charge on any atom is 0.251 e. The fourth-order valence-corrected chi connectivity index (χ4v) is 4.86. The SMILES string of the molecule is Cc1cccc(N(C(=O)Cn2nnc(-c3ccc(F)cc3)n2)C(C(=O)NC2CCCC2)c2ccc(O)cc2)c1. The molecule has 0 radical (unpaired) electrons. The maximum atomic E-state index is 14.0. The van der Waals surface area contributed by atoms with Gasteiger partial charge in [-0.15, -0.1) is 10.2 Å². The zero-order chi connectivity index (χ0) is 27.4. The zero-order valence-corrected chi connectivity index (χ0v) is 21.5. The number of phenolic OH excluding ortho intramolecular Hbond substituents is 1. The molecule has 1 aliphatic rings. The van der Waals surface area contributed by atoms with Crippen LogP contribution < -0.4 is 10.2 Å². The van der Waals surface area contributed by atoms with Gasteiger partial charge in [0.2, 0.25) is 11.7 Å². The Morgan fingerprint density at radius 1 is 1.08 bits per heavy atom. The van der Waals surface area contributed by atoms with Crippen molar-refractivity contribution in [3.63, 3.8) is 0 Å². The molecule has 1 aliphatic carbocycles. The van der Waals surface area contributed by atoms with E-state index >= 15 is 0 Å². The summed E-state index contributed by atoms with van der Waals surface area (Å²) in [6.45, 7) is 1.63. The van der Waals surface area contributed by atoms with Gasteiger partial charge in [0.25, 0.3) is 5.91 Å². The number of amides is 2. The van der Waals surface area contributed by atoms with E-state index in [1.807, 2.05) is 25.1 Å². The summed E-state index contributed by atoms with van der Waals surface area (Å²) in [4.78, 5) is 30.4. The molecule has 1 heterocycles. The van der Waals surface area contributed by atoms with Crippen LogP contribution in [0.3, 0.4) is 0 Å². The Morgan fingerprint density at radius 3 is 2.49 bits per heavy atom. The van der Waals surface area contributed by atoms with Crippen LogP contribution >= 0.6 is 0 Å². The highest BCUT2D eigenvalue weighted by Gasteiger charge is 2.34. The largest absolute Gasteiger partial charge is 0.508 e. The number of phenols is 1. The minimum absolute atomic E-state index is 0.0434. The third kappa shape index (κ3) is 6.11. The summed E-state index contributed by atoms with van der Waals surface area (Å²) in [7, 11) is 0. The van der Waals surface area contributed by atoms with Gasteiger partial charge in [-0.2, -0.15) is 4.80 Å². The molecule has 0 spiro atoms. The van der Waals surface area contributed by atoms with Crippen molar-refractivity contribution in [3.8, 4) is 17.1 Å². The van der Waals surface area contributed by atoms with E-state index in [9.17, 15) is 19.1 Å². The molecule has 2 amide bonds. The average molecular weight is 529 g/mol. The van der Waals surface area contributed by atoms with Crippen molar-refractivity contribution in [3.05, 3.63) is 89.7 Å². The monoisotopic (exact) mass is 528 g/mol. The molecule has 9 nitrogen and oxygen atoms in total. The second-order valence-electron chi connectivity index (χ2n) is 9.74. The first-order valence-corrected chi connectivity index (χ1v) is 12.9. The Hall–Kier alpha value is -4.60. The normalized spacial score (nSPS) is 14.2. The van der Waals surface area contributed by atoms with E-state index in [1.54, 1.807) is 18.2 Å². The molecular formula is C29H29FN6O3. The Bertz CT molecular complexity index is 1450. The van der Waals surface area contributed by atoms with Crippen LogP contribution in [-0.4, -0.2) is 43.2 Å². The number of hydrogen-bond acceptors (Lipinski definition) is 6. The summed E-state index contributed by atoms with van der Waals surface area (Å²) in [6, 6.07) is 18.3. The summed E-state index contributed by atoms with van der Waals surface area (Å²) in [5, 5.41) is 25.4. The van der Waals surface area contributed by atoms with Gasteiger partial charge in [-0.05, 0) is 84.6 Å². The Kier molecular flexibility index (Phi) is 7.62. The minimum Gasteiger partial charge on any atom is -0.508 e. The van der Waals surface area contributed by atoms with E-state index in [0.717, 1.165) is 36.0 Å². The molecule has 2 N–H and O–H groups in total. The molecule has 39 heavy (non-hydrogen) atoms. The van der Waals surface area contributed by atoms with Crippen LogP contribution in [0.1, 0.15) is 42.9 Å². The summed E-state index contributed by atoms with van der Waals surface area (Å²) in [5.74, 6) is -0.809. The number of hydrogen-bond donors (Lipinski definition) is 2. The molecule has 1 saturated carbocycles. The van der Waals surface area contributed by atoms with E-state index in [1.165, 1.54) is 41.3 Å².